The molecule has 29 heavy (non-hydrogen) atoms. The molecule has 1 saturated heterocycles. The van der Waals surface area contributed by atoms with Gasteiger partial charge < -0.3 is 9.64 Å². The van der Waals surface area contributed by atoms with Crippen molar-refractivity contribution < 1.29 is 9.53 Å². The number of nitrogens with zero attached hydrogens (tertiary/aromatic N) is 6. The molecular weight excluding hydrogens is 368 g/mol. The molecule has 2 fully saturated rings. The van der Waals surface area contributed by atoms with Gasteiger partial charge in [0.05, 0.1) is 18.3 Å². The Morgan fingerprint density at radius 1 is 1.17 bits per heavy atom. The number of fused-ring (bicyclic) bond motifs is 1. The molecule has 0 bridgehead atoms. The van der Waals surface area contributed by atoms with Crippen LogP contribution in [0.1, 0.15) is 30.0 Å². The maximum absolute atomic E-state index is 12.1. The van der Waals surface area contributed by atoms with E-state index < -0.39 is 0 Å². The van der Waals surface area contributed by atoms with E-state index in [0.717, 1.165) is 43.6 Å². The molecule has 0 radical (unpaired) electrons. The lowest BCUT2D eigenvalue weighted by Crippen LogP contribution is -2.40. The molecule has 0 aromatic carbocycles. The Kier molecular flexibility index (Phi) is 5.91. The van der Waals surface area contributed by atoms with Crippen LogP contribution >= 0.6 is 0 Å². The SMILES string of the molecule is Cc1cnn([C@H]2C[C@H]3CN(Cc4cncnc4)C[C@H]3C[C@@H]2OCC(=O)N(C)C)c1. The van der Waals surface area contributed by atoms with Crippen molar-refractivity contribution in [3.8, 4) is 0 Å². The van der Waals surface area contributed by atoms with E-state index in [2.05, 4.69) is 33.1 Å². The van der Waals surface area contributed by atoms with E-state index in [0.29, 0.717) is 11.8 Å². The van der Waals surface area contributed by atoms with Crippen molar-refractivity contribution in [2.24, 2.45) is 11.8 Å². The molecule has 0 spiro atoms. The molecule has 2 aromatic heterocycles. The highest BCUT2D eigenvalue weighted by molar-refractivity contribution is 5.76. The van der Waals surface area contributed by atoms with Gasteiger partial charge in [-0.1, -0.05) is 0 Å². The predicted molar refractivity (Wildman–Crippen MR) is 108 cm³/mol. The third kappa shape index (κ3) is 4.64. The van der Waals surface area contributed by atoms with Gasteiger partial charge in [-0.2, -0.15) is 5.10 Å². The van der Waals surface area contributed by atoms with Crippen LogP contribution in [-0.2, 0) is 16.1 Å². The van der Waals surface area contributed by atoms with Crippen molar-refractivity contribution in [2.45, 2.75) is 38.5 Å². The maximum atomic E-state index is 12.1. The van der Waals surface area contributed by atoms with Gasteiger partial charge >= 0.3 is 0 Å². The van der Waals surface area contributed by atoms with Crippen molar-refractivity contribution in [3.05, 3.63) is 42.2 Å². The van der Waals surface area contributed by atoms with E-state index in [1.807, 2.05) is 23.3 Å². The number of aryl methyl sites for hydroxylation is 1. The van der Waals surface area contributed by atoms with Gasteiger partial charge in [0.1, 0.15) is 12.9 Å². The number of hydrogen-bond acceptors (Lipinski definition) is 6. The van der Waals surface area contributed by atoms with Crippen molar-refractivity contribution >= 4 is 5.91 Å². The number of likely N-dealkylation sites (tertiary alicyclic amines) is 1. The number of amides is 1. The van der Waals surface area contributed by atoms with Crippen molar-refractivity contribution in [1.82, 2.24) is 29.5 Å². The summed E-state index contributed by atoms with van der Waals surface area (Å²) in [5.41, 5.74) is 2.29. The smallest absolute Gasteiger partial charge is 0.248 e. The monoisotopic (exact) mass is 398 g/mol. The highest BCUT2D eigenvalue weighted by Crippen LogP contribution is 2.42. The van der Waals surface area contributed by atoms with Crippen LogP contribution in [0.15, 0.2) is 31.1 Å². The Hall–Kier alpha value is -2.32. The van der Waals surface area contributed by atoms with Crippen LogP contribution in [0.25, 0.3) is 0 Å². The van der Waals surface area contributed by atoms with E-state index >= 15 is 0 Å². The first kappa shape index (κ1) is 20.0. The third-order valence-corrected chi connectivity index (χ3v) is 6.17. The van der Waals surface area contributed by atoms with Gasteiger partial charge in [-0.15, -0.1) is 0 Å². The minimum atomic E-state index is -0.000501. The Labute approximate surface area is 171 Å². The summed E-state index contributed by atoms with van der Waals surface area (Å²) in [4.78, 5) is 24.4. The van der Waals surface area contributed by atoms with Gasteiger partial charge in [0.2, 0.25) is 5.91 Å². The molecule has 8 nitrogen and oxygen atoms in total. The van der Waals surface area contributed by atoms with Crippen LogP contribution in [0.4, 0.5) is 0 Å². The molecule has 1 aliphatic heterocycles. The first-order chi connectivity index (χ1) is 14.0. The van der Waals surface area contributed by atoms with E-state index in [-0.39, 0.29) is 24.7 Å². The summed E-state index contributed by atoms with van der Waals surface area (Å²) >= 11 is 0. The second kappa shape index (κ2) is 8.59. The summed E-state index contributed by atoms with van der Waals surface area (Å²) in [6.45, 7) is 5.17. The summed E-state index contributed by atoms with van der Waals surface area (Å²) in [7, 11) is 3.53. The number of ether oxygens (including phenoxy) is 1. The van der Waals surface area contributed by atoms with Gasteiger partial charge in [0.15, 0.2) is 0 Å². The molecule has 0 unspecified atom stereocenters. The first-order valence-corrected chi connectivity index (χ1v) is 10.3. The molecular formula is C21H30N6O2. The lowest BCUT2D eigenvalue weighted by molar-refractivity contribution is -0.138. The molecule has 4 rings (SSSR count). The molecule has 1 aliphatic carbocycles. The minimum Gasteiger partial charge on any atom is -0.366 e. The zero-order valence-corrected chi connectivity index (χ0v) is 17.4. The fourth-order valence-electron chi connectivity index (χ4n) is 4.67. The minimum absolute atomic E-state index is 0.000328. The molecule has 4 atom stereocenters. The molecule has 1 saturated carbocycles. The van der Waals surface area contributed by atoms with Crippen LogP contribution < -0.4 is 0 Å². The molecule has 8 heteroatoms. The summed E-state index contributed by atoms with van der Waals surface area (Å²) < 4.78 is 8.20. The van der Waals surface area contributed by atoms with Gasteiger partial charge in [0.25, 0.3) is 0 Å². The summed E-state index contributed by atoms with van der Waals surface area (Å²) in [6.07, 6.45) is 11.3. The van der Waals surface area contributed by atoms with Crippen LogP contribution in [0.5, 0.6) is 0 Å². The standard InChI is InChI=1S/C21H30N6O2/c1-15-6-24-27(9-15)19-4-17-11-26(10-16-7-22-14-23-8-16)12-18(17)5-20(19)29-13-21(28)25(2)3/h6-9,14,17-20H,4-5,10-13H2,1-3H3/t17-,18+,19-,20-/m0/s1. The highest BCUT2D eigenvalue weighted by Gasteiger charge is 2.43. The second-order valence-electron chi connectivity index (χ2n) is 8.64. The number of carbonyl (C=O) groups is 1. The van der Waals surface area contributed by atoms with Crippen molar-refractivity contribution in [3.63, 3.8) is 0 Å². The molecule has 2 aromatic rings. The Bertz CT molecular complexity index is 824. The summed E-state index contributed by atoms with van der Waals surface area (Å²) in [5.74, 6) is 1.19. The van der Waals surface area contributed by atoms with E-state index in [1.54, 1.807) is 25.3 Å². The van der Waals surface area contributed by atoms with E-state index in [9.17, 15) is 4.79 Å². The average molecular weight is 399 g/mol. The van der Waals surface area contributed by atoms with Crippen molar-refractivity contribution in [2.75, 3.05) is 33.8 Å². The van der Waals surface area contributed by atoms with Crippen LogP contribution in [0.2, 0.25) is 0 Å². The van der Waals surface area contributed by atoms with Gasteiger partial charge in [-0.05, 0) is 37.2 Å². The fraction of sp³-hybridized carbons (Fsp3) is 0.619. The number of carbonyl (C=O) groups excluding carboxylic acids is 1. The second-order valence-corrected chi connectivity index (χ2v) is 8.64. The topological polar surface area (TPSA) is 76.4 Å². The Morgan fingerprint density at radius 3 is 2.55 bits per heavy atom. The maximum Gasteiger partial charge on any atom is 0.248 e. The van der Waals surface area contributed by atoms with Crippen LogP contribution in [0, 0.1) is 18.8 Å². The van der Waals surface area contributed by atoms with Crippen LogP contribution in [-0.4, -0.2) is 75.4 Å². The zero-order valence-electron chi connectivity index (χ0n) is 17.4. The fourth-order valence-corrected chi connectivity index (χ4v) is 4.67. The normalized spacial score (nSPS) is 27.0. The quantitative estimate of drug-likeness (QED) is 0.735. The van der Waals surface area contributed by atoms with Gasteiger partial charge in [-0.3, -0.25) is 14.4 Å². The Balaban J connectivity index is 1.45. The lowest BCUT2D eigenvalue weighted by Gasteiger charge is -2.38. The molecule has 2 aliphatic rings. The highest BCUT2D eigenvalue weighted by atomic mass is 16.5. The number of hydrogen-bond donors (Lipinski definition) is 0. The Morgan fingerprint density at radius 2 is 1.90 bits per heavy atom. The largest absolute Gasteiger partial charge is 0.366 e. The summed E-state index contributed by atoms with van der Waals surface area (Å²) in [6, 6.07) is 0.167. The van der Waals surface area contributed by atoms with Crippen molar-refractivity contribution in [1.29, 1.82) is 0 Å². The summed E-state index contributed by atoms with van der Waals surface area (Å²) in [5, 5.41) is 4.56. The van der Waals surface area contributed by atoms with Gasteiger partial charge in [0, 0.05) is 57.9 Å². The molecule has 1 amide bonds. The number of aromatic nitrogens is 4. The van der Waals surface area contributed by atoms with E-state index in [4.69, 9.17) is 4.74 Å². The lowest BCUT2D eigenvalue weighted by atomic mass is 9.77. The third-order valence-electron chi connectivity index (χ3n) is 6.17. The van der Waals surface area contributed by atoms with Crippen LogP contribution in [0.3, 0.4) is 0 Å². The number of rotatable bonds is 6. The predicted octanol–water partition coefficient (Wildman–Crippen LogP) is 1.54. The molecule has 0 N–H and O–H groups in total. The zero-order chi connectivity index (χ0) is 20.4. The first-order valence-electron chi connectivity index (χ1n) is 10.3. The molecule has 156 valence electrons. The number of likely N-dealkylation sites (N-methyl/N-ethyl adjacent to an activating group) is 1. The molecule has 3 heterocycles. The van der Waals surface area contributed by atoms with Gasteiger partial charge in [-0.25, -0.2) is 9.97 Å². The van der Waals surface area contributed by atoms with E-state index in [1.165, 1.54) is 0 Å². The average Bonchev–Trinajstić information content (AvgIpc) is 3.31.